The lowest BCUT2D eigenvalue weighted by Gasteiger charge is -2.51. The second kappa shape index (κ2) is 3.80. The fourth-order valence-electron chi connectivity index (χ4n) is 3.42. The van der Waals surface area contributed by atoms with Crippen LogP contribution in [0.2, 0.25) is 0 Å². The molecule has 1 atom stereocenters. The smallest absolute Gasteiger partial charge is 0.0899 e. The maximum Gasteiger partial charge on any atom is 0.0899 e. The van der Waals surface area contributed by atoms with E-state index in [1.807, 2.05) is 6.34 Å². The van der Waals surface area contributed by atoms with Crippen molar-refractivity contribution in [1.82, 2.24) is 5.32 Å². The summed E-state index contributed by atoms with van der Waals surface area (Å²) in [6.45, 7) is 13.7. The highest BCUT2D eigenvalue weighted by atomic mass is 15.2. The van der Waals surface area contributed by atoms with E-state index in [4.69, 9.17) is 4.99 Å². The van der Waals surface area contributed by atoms with Crippen LogP contribution in [0.5, 0.6) is 0 Å². The van der Waals surface area contributed by atoms with Gasteiger partial charge in [0.05, 0.1) is 17.4 Å². The first-order valence-electron chi connectivity index (χ1n) is 6.20. The maximum atomic E-state index is 4.82. The fraction of sp³-hybridized carbons (Fsp3) is 0.923. The van der Waals surface area contributed by atoms with Gasteiger partial charge in [0.25, 0.3) is 0 Å². The van der Waals surface area contributed by atoms with Gasteiger partial charge in [0.15, 0.2) is 0 Å². The summed E-state index contributed by atoms with van der Waals surface area (Å²) in [5.74, 6) is 0. The molecule has 1 aliphatic heterocycles. The van der Waals surface area contributed by atoms with E-state index in [2.05, 4.69) is 46.9 Å². The first-order chi connectivity index (χ1) is 6.89. The van der Waals surface area contributed by atoms with Crippen molar-refractivity contribution in [2.45, 2.75) is 71.9 Å². The summed E-state index contributed by atoms with van der Waals surface area (Å²) >= 11 is 0. The minimum Gasteiger partial charge on any atom is -0.369 e. The Labute approximate surface area is 94.6 Å². The van der Waals surface area contributed by atoms with E-state index in [0.29, 0.717) is 0 Å². The van der Waals surface area contributed by atoms with Gasteiger partial charge in [-0.15, -0.1) is 0 Å². The zero-order chi connectivity index (χ0) is 11.7. The van der Waals surface area contributed by atoms with Crippen molar-refractivity contribution in [3.05, 3.63) is 0 Å². The van der Waals surface area contributed by atoms with Crippen LogP contribution in [0.4, 0.5) is 0 Å². The van der Waals surface area contributed by atoms with Gasteiger partial charge in [-0.2, -0.15) is 0 Å². The molecule has 0 radical (unpaired) electrons. The van der Waals surface area contributed by atoms with Crippen LogP contribution in [-0.2, 0) is 0 Å². The van der Waals surface area contributed by atoms with E-state index in [1.54, 1.807) is 0 Å². The summed E-state index contributed by atoms with van der Waals surface area (Å²) in [4.78, 5) is 4.82. The number of hydrogen-bond acceptors (Lipinski definition) is 2. The van der Waals surface area contributed by atoms with Gasteiger partial charge in [-0.25, -0.2) is 0 Å². The summed E-state index contributed by atoms with van der Waals surface area (Å²) < 4.78 is 0. The molecule has 2 heteroatoms. The van der Waals surface area contributed by atoms with Gasteiger partial charge >= 0.3 is 0 Å². The van der Waals surface area contributed by atoms with Crippen molar-refractivity contribution in [1.29, 1.82) is 0 Å². The molecular formula is C13H26N2. The highest BCUT2D eigenvalue weighted by Gasteiger charge is 2.56. The van der Waals surface area contributed by atoms with Crippen molar-refractivity contribution in [2.24, 2.45) is 10.4 Å². The van der Waals surface area contributed by atoms with Gasteiger partial charge in [0, 0.05) is 0 Å². The molecular weight excluding hydrogens is 184 g/mol. The normalized spacial score (nSPS) is 29.2. The fourth-order valence-corrected chi connectivity index (χ4v) is 3.42. The maximum absolute atomic E-state index is 4.82. The Kier molecular flexibility index (Phi) is 3.18. The molecule has 1 aliphatic rings. The number of hydrogen-bond donors (Lipinski definition) is 1. The van der Waals surface area contributed by atoms with E-state index in [9.17, 15) is 0 Å². The third kappa shape index (κ3) is 1.49. The SMILES string of the molecule is CCC1(CC)NC=NC1(CC)C(C)(C)C. The Morgan fingerprint density at radius 3 is 1.87 bits per heavy atom. The molecule has 0 saturated heterocycles. The molecule has 0 aromatic carbocycles. The molecule has 0 aliphatic carbocycles. The van der Waals surface area contributed by atoms with Crippen LogP contribution in [0.3, 0.4) is 0 Å². The summed E-state index contributed by atoms with van der Waals surface area (Å²) in [5, 5.41) is 3.53. The molecule has 1 heterocycles. The Morgan fingerprint density at radius 1 is 1.07 bits per heavy atom. The molecule has 0 amide bonds. The number of rotatable bonds is 3. The van der Waals surface area contributed by atoms with E-state index in [0.717, 1.165) is 19.3 Å². The molecule has 1 rings (SSSR count). The van der Waals surface area contributed by atoms with E-state index in [-0.39, 0.29) is 16.5 Å². The van der Waals surface area contributed by atoms with Gasteiger partial charge < -0.3 is 5.32 Å². The van der Waals surface area contributed by atoms with Gasteiger partial charge in [-0.1, -0.05) is 41.5 Å². The third-order valence-electron chi connectivity index (χ3n) is 4.38. The average molecular weight is 210 g/mol. The predicted octanol–water partition coefficient (Wildman–Crippen LogP) is 3.37. The van der Waals surface area contributed by atoms with Crippen LogP contribution < -0.4 is 5.32 Å². The van der Waals surface area contributed by atoms with Crippen LogP contribution >= 0.6 is 0 Å². The Balaban J connectivity index is 3.22. The zero-order valence-electron chi connectivity index (χ0n) is 11.1. The minimum absolute atomic E-state index is 0.0451. The predicted molar refractivity (Wildman–Crippen MR) is 67.4 cm³/mol. The monoisotopic (exact) mass is 210 g/mol. The number of aliphatic imine (C=N–C) groups is 1. The van der Waals surface area contributed by atoms with E-state index < -0.39 is 0 Å². The van der Waals surface area contributed by atoms with Crippen molar-refractivity contribution in [3.8, 4) is 0 Å². The highest BCUT2D eigenvalue weighted by molar-refractivity contribution is 5.62. The first-order valence-corrected chi connectivity index (χ1v) is 6.20. The molecule has 1 unspecified atom stereocenters. The van der Waals surface area contributed by atoms with Gasteiger partial charge in [0.1, 0.15) is 0 Å². The molecule has 0 aromatic heterocycles. The Bertz CT molecular complexity index is 246. The van der Waals surface area contributed by atoms with Gasteiger partial charge in [0.2, 0.25) is 0 Å². The van der Waals surface area contributed by atoms with Crippen molar-refractivity contribution >= 4 is 6.34 Å². The first kappa shape index (κ1) is 12.5. The second-order valence-electron chi connectivity index (χ2n) is 5.66. The molecule has 1 N–H and O–H groups in total. The lowest BCUT2D eigenvalue weighted by atomic mass is 9.60. The molecule has 0 saturated carbocycles. The highest BCUT2D eigenvalue weighted by Crippen LogP contribution is 2.49. The van der Waals surface area contributed by atoms with Crippen molar-refractivity contribution in [3.63, 3.8) is 0 Å². The van der Waals surface area contributed by atoms with Crippen LogP contribution in [0.25, 0.3) is 0 Å². The molecule has 0 fully saturated rings. The summed E-state index contributed by atoms with van der Waals surface area (Å²) in [6, 6.07) is 0. The largest absolute Gasteiger partial charge is 0.369 e. The molecule has 0 aromatic rings. The van der Waals surface area contributed by atoms with Gasteiger partial charge in [-0.3, -0.25) is 4.99 Å². The number of nitrogens with zero attached hydrogens (tertiary/aromatic N) is 1. The van der Waals surface area contributed by atoms with E-state index in [1.165, 1.54) is 0 Å². The average Bonchev–Trinajstić information content (AvgIpc) is 2.56. The van der Waals surface area contributed by atoms with Crippen LogP contribution in [0.1, 0.15) is 60.8 Å². The standard InChI is InChI=1S/C13H26N2/c1-7-12(8-2)13(9-3,11(4,5)6)15-10-14-12/h10H,7-9H2,1-6H3,(H,14,15). The molecule has 0 bridgehead atoms. The van der Waals surface area contributed by atoms with Crippen LogP contribution in [0.15, 0.2) is 4.99 Å². The van der Waals surface area contributed by atoms with Crippen molar-refractivity contribution in [2.75, 3.05) is 0 Å². The number of nitrogens with one attached hydrogen (secondary N) is 1. The summed E-state index contributed by atoms with van der Waals surface area (Å²) in [7, 11) is 0. The summed E-state index contributed by atoms with van der Waals surface area (Å²) in [6.07, 6.45) is 5.30. The lowest BCUT2D eigenvalue weighted by molar-refractivity contribution is 0.0764. The summed E-state index contributed by atoms with van der Waals surface area (Å²) in [5.41, 5.74) is 0.400. The second-order valence-corrected chi connectivity index (χ2v) is 5.66. The van der Waals surface area contributed by atoms with Crippen molar-refractivity contribution < 1.29 is 0 Å². The Morgan fingerprint density at radius 2 is 1.60 bits per heavy atom. The minimum atomic E-state index is 0.0451. The topological polar surface area (TPSA) is 24.4 Å². The Hall–Kier alpha value is -0.530. The molecule has 2 nitrogen and oxygen atoms in total. The van der Waals surface area contributed by atoms with Crippen LogP contribution in [0, 0.1) is 5.41 Å². The molecule has 0 spiro atoms. The van der Waals surface area contributed by atoms with Gasteiger partial charge in [-0.05, 0) is 24.7 Å². The third-order valence-corrected chi connectivity index (χ3v) is 4.38. The van der Waals surface area contributed by atoms with E-state index >= 15 is 0 Å². The lowest BCUT2D eigenvalue weighted by Crippen LogP contribution is -2.62. The quantitative estimate of drug-likeness (QED) is 0.759. The molecule has 15 heavy (non-hydrogen) atoms. The zero-order valence-corrected chi connectivity index (χ0v) is 11.1. The van der Waals surface area contributed by atoms with Crippen LogP contribution in [-0.4, -0.2) is 17.4 Å². The molecule has 88 valence electrons.